The molecule has 0 N–H and O–H groups in total. The van der Waals surface area contributed by atoms with Crippen LogP contribution in [0.1, 0.15) is 34.3 Å². The summed E-state index contributed by atoms with van der Waals surface area (Å²) < 4.78 is 5.57. The lowest BCUT2D eigenvalue weighted by atomic mass is 9.74. The fraction of sp³-hybridized carbons (Fsp3) is 0.158. The fourth-order valence-electron chi connectivity index (χ4n) is 3.30. The van der Waals surface area contributed by atoms with Crippen molar-refractivity contribution in [2.45, 2.75) is 18.4 Å². The zero-order valence-corrected chi connectivity index (χ0v) is 11.9. The molecule has 22 heavy (non-hydrogen) atoms. The highest BCUT2D eigenvalue weighted by molar-refractivity contribution is 6.20. The van der Waals surface area contributed by atoms with E-state index in [1.807, 2.05) is 54.6 Å². The second kappa shape index (κ2) is 4.67. The number of fused-ring (bicyclic) bond motifs is 1. The highest BCUT2D eigenvalue weighted by Gasteiger charge is 2.52. The number of rotatable bonds is 1. The minimum Gasteiger partial charge on any atom is -0.446 e. The van der Waals surface area contributed by atoms with E-state index in [1.54, 1.807) is 6.07 Å². The first-order valence-corrected chi connectivity index (χ1v) is 7.34. The molecule has 0 aromatic heterocycles. The van der Waals surface area contributed by atoms with Crippen molar-refractivity contribution in [2.24, 2.45) is 0 Å². The maximum Gasteiger partial charge on any atom is 0.307 e. The van der Waals surface area contributed by atoms with Crippen molar-refractivity contribution in [1.29, 1.82) is 0 Å². The van der Waals surface area contributed by atoms with E-state index < -0.39 is 5.60 Å². The zero-order chi connectivity index (χ0) is 15.2. The molecule has 3 heteroatoms. The van der Waals surface area contributed by atoms with Gasteiger partial charge in [-0.3, -0.25) is 9.59 Å². The predicted molar refractivity (Wildman–Crippen MR) is 83.1 cm³/mol. The van der Waals surface area contributed by atoms with E-state index in [2.05, 4.69) is 0 Å². The molecule has 1 aliphatic carbocycles. The fourth-order valence-corrected chi connectivity index (χ4v) is 3.30. The Morgan fingerprint density at radius 1 is 0.909 bits per heavy atom. The van der Waals surface area contributed by atoms with E-state index in [0.29, 0.717) is 12.0 Å². The topological polar surface area (TPSA) is 43.4 Å². The predicted octanol–water partition coefficient (Wildman–Crippen LogP) is 3.50. The molecule has 3 nitrogen and oxygen atoms in total. The van der Waals surface area contributed by atoms with Gasteiger partial charge in [0.1, 0.15) is 0 Å². The number of hydrogen-bond acceptors (Lipinski definition) is 3. The number of ketones is 1. The van der Waals surface area contributed by atoms with Crippen LogP contribution in [-0.2, 0) is 9.53 Å². The lowest BCUT2D eigenvalue weighted by molar-refractivity contribution is -0.142. The van der Waals surface area contributed by atoms with Crippen molar-refractivity contribution >= 4 is 23.4 Å². The van der Waals surface area contributed by atoms with Gasteiger partial charge in [-0.25, -0.2) is 0 Å². The SMILES string of the molecule is O=C1CC[C@]2(O1)C(=O)c1ccccc1C=C2c1ccccc1. The van der Waals surface area contributed by atoms with Crippen LogP contribution in [0.3, 0.4) is 0 Å². The van der Waals surface area contributed by atoms with Gasteiger partial charge in [-0.2, -0.15) is 0 Å². The van der Waals surface area contributed by atoms with Crippen LogP contribution in [0.15, 0.2) is 54.6 Å². The molecule has 1 atom stereocenters. The molecule has 2 aromatic rings. The monoisotopic (exact) mass is 290 g/mol. The van der Waals surface area contributed by atoms with E-state index >= 15 is 0 Å². The van der Waals surface area contributed by atoms with Crippen LogP contribution in [-0.4, -0.2) is 17.4 Å². The van der Waals surface area contributed by atoms with Crippen LogP contribution in [0.2, 0.25) is 0 Å². The molecule has 2 aliphatic rings. The molecule has 1 fully saturated rings. The Morgan fingerprint density at radius 2 is 1.64 bits per heavy atom. The standard InChI is InChI=1S/C19H14O3/c20-17-10-11-19(22-17)16(13-6-2-1-3-7-13)12-14-8-4-5-9-15(14)18(19)21/h1-9,12H,10-11H2/t19-/m1/s1. The zero-order valence-electron chi connectivity index (χ0n) is 11.9. The lowest BCUT2D eigenvalue weighted by Gasteiger charge is -2.33. The number of hydrogen-bond donors (Lipinski definition) is 0. The highest BCUT2D eigenvalue weighted by Crippen LogP contribution is 2.46. The van der Waals surface area contributed by atoms with Crippen LogP contribution in [0.5, 0.6) is 0 Å². The van der Waals surface area contributed by atoms with Crippen LogP contribution in [0.4, 0.5) is 0 Å². The molecule has 108 valence electrons. The molecule has 0 radical (unpaired) electrons. The Labute approximate surface area is 128 Å². The quantitative estimate of drug-likeness (QED) is 0.755. The van der Waals surface area contributed by atoms with Gasteiger partial charge in [0.05, 0.1) is 6.42 Å². The molecule has 0 unspecified atom stereocenters. The Balaban J connectivity index is 1.97. The number of carbonyl (C=O) groups is 2. The molecule has 1 saturated heterocycles. The summed E-state index contributed by atoms with van der Waals surface area (Å²) in [4.78, 5) is 24.8. The Bertz CT molecular complexity index is 804. The molecule has 1 aliphatic heterocycles. The van der Waals surface area contributed by atoms with Gasteiger partial charge in [-0.05, 0) is 17.2 Å². The number of esters is 1. The van der Waals surface area contributed by atoms with Gasteiger partial charge in [0, 0.05) is 17.6 Å². The van der Waals surface area contributed by atoms with Gasteiger partial charge in [-0.1, -0.05) is 54.6 Å². The van der Waals surface area contributed by atoms with Gasteiger partial charge in [0.15, 0.2) is 0 Å². The molecular formula is C19H14O3. The summed E-state index contributed by atoms with van der Waals surface area (Å²) in [5, 5.41) is 0. The van der Waals surface area contributed by atoms with Gasteiger partial charge >= 0.3 is 5.97 Å². The first-order valence-electron chi connectivity index (χ1n) is 7.34. The second-order valence-electron chi connectivity index (χ2n) is 5.64. The van der Waals surface area contributed by atoms with Crippen molar-refractivity contribution in [2.75, 3.05) is 0 Å². The van der Waals surface area contributed by atoms with Crippen LogP contribution in [0, 0.1) is 0 Å². The molecule has 2 aromatic carbocycles. The second-order valence-corrected chi connectivity index (χ2v) is 5.64. The van der Waals surface area contributed by atoms with Gasteiger partial charge < -0.3 is 4.74 Å². The van der Waals surface area contributed by atoms with E-state index in [9.17, 15) is 9.59 Å². The van der Waals surface area contributed by atoms with E-state index in [1.165, 1.54) is 0 Å². The van der Waals surface area contributed by atoms with Crippen LogP contribution in [0.25, 0.3) is 11.6 Å². The smallest absolute Gasteiger partial charge is 0.307 e. The van der Waals surface area contributed by atoms with Crippen molar-refractivity contribution in [1.82, 2.24) is 0 Å². The maximum atomic E-state index is 13.1. The third-order valence-corrected chi connectivity index (χ3v) is 4.36. The normalized spacial score (nSPS) is 23.2. The summed E-state index contributed by atoms with van der Waals surface area (Å²) in [6, 6.07) is 17.1. The summed E-state index contributed by atoms with van der Waals surface area (Å²) in [5.41, 5.74) is 2.03. The summed E-state index contributed by atoms with van der Waals surface area (Å²) in [6.07, 6.45) is 2.66. The van der Waals surface area contributed by atoms with Crippen molar-refractivity contribution in [3.8, 4) is 0 Å². The number of Topliss-reactive ketones (excluding diaryl/α,β-unsaturated/α-hetero) is 1. The third kappa shape index (κ3) is 1.75. The number of carbonyl (C=O) groups excluding carboxylic acids is 2. The molecule has 0 bridgehead atoms. The first-order chi connectivity index (χ1) is 10.7. The first kappa shape index (κ1) is 13.0. The molecule has 4 rings (SSSR count). The summed E-state index contributed by atoms with van der Waals surface area (Å²) in [7, 11) is 0. The molecule has 0 saturated carbocycles. The average molecular weight is 290 g/mol. The van der Waals surface area contributed by atoms with E-state index in [-0.39, 0.29) is 18.2 Å². The molecular weight excluding hydrogens is 276 g/mol. The van der Waals surface area contributed by atoms with Crippen molar-refractivity contribution in [3.63, 3.8) is 0 Å². The van der Waals surface area contributed by atoms with E-state index in [0.717, 1.165) is 16.7 Å². The molecule has 0 amide bonds. The van der Waals surface area contributed by atoms with Crippen LogP contribution < -0.4 is 0 Å². The van der Waals surface area contributed by atoms with Gasteiger partial charge in [0.25, 0.3) is 0 Å². The lowest BCUT2D eigenvalue weighted by Crippen LogP contribution is -2.42. The Hall–Kier alpha value is -2.68. The third-order valence-electron chi connectivity index (χ3n) is 4.36. The van der Waals surface area contributed by atoms with E-state index in [4.69, 9.17) is 4.74 Å². The maximum absolute atomic E-state index is 13.1. The van der Waals surface area contributed by atoms with Gasteiger partial charge in [0.2, 0.25) is 11.4 Å². The highest BCUT2D eigenvalue weighted by atomic mass is 16.6. The minimum atomic E-state index is -1.16. The molecule has 1 heterocycles. The largest absolute Gasteiger partial charge is 0.446 e. The number of benzene rings is 2. The summed E-state index contributed by atoms with van der Waals surface area (Å²) in [5.74, 6) is -0.426. The minimum absolute atomic E-state index is 0.115. The van der Waals surface area contributed by atoms with Gasteiger partial charge in [-0.15, -0.1) is 0 Å². The summed E-state index contributed by atoms with van der Waals surface area (Å²) >= 11 is 0. The Morgan fingerprint density at radius 3 is 2.36 bits per heavy atom. The van der Waals surface area contributed by atoms with Crippen LogP contribution >= 0.6 is 0 Å². The van der Waals surface area contributed by atoms with Crippen molar-refractivity contribution < 1.29 is 14.3 Å². The Kier molecular flexibility index (Phi) is 2.76. The average Bonchev–Trinajstić information content (AvgIpc) is 2.95. The molecule has 1 spiro atoms. The van der Waals surface area contributed by atoms with Crippen molar-refractivity contribution in [3.05, 3.63) is 71.3 Å². The number of ether oxygens (including phenoxy) is 1. The summed E-state index contributed by atoms with van der Waals surface area (Å²) in [6.45, 7) is 0.